The van der Waals surface area contributed by atoms with Gasteiger partial charge in [0.15, 0.2) is 0 Å². The van der Waals surface area contributed by atoms with E-state index >= 15 is 0 Å². The second-order valence-corrected chi connectivity index (χ2v) is 7.07. The molecule has 27 heavy (non-hydrogen) atoms. The van der Waals surface area contributed by atoms with Crippen LogP contribution < -0.4 is 4.74 Å². The largest absolute Gasteiger partial charge is 0.494 e. The van der Waals surface area contributed by atoms with Crippen molar-refractivity contribution < 1.29 is 14.6 Å². The van der Waals surface area contributed by atoms with Crippen molar-refractivity contribution in [2.45, 2.75) is 51.4 Å². The Kier molecular flexibility index (Phi) is 8.19. The van der Waals surface area contributed by atoms with Crippen molar-refractivity contribution in [1.82, 2.24) is 0 Å². The van der Waals surface area contributed by atoms with Crippen molar-refractivity contribution in [3.63, 3.8) is 0 Å². The molecule has 0 spiro atoms. The summed E-state index contributed by atoms with van der Waals surface area (Å²) in [5.41, 5.74) is 3.33. The molecule has 144 valence electrons. The van der Waals surface area contributed by atoms with Gasteiger partial charge in [0.25, 0.3) is 0 Å². The minimum Gasteiger partial charge on any atom is -0.494 e. The molecule has 1 fully saturated rings. The fourth-order valence-electron chi connectivity index (χ4n) is 3.35. The number of benzene rings is 2. The number of halogens is 1. The van der Waals surface area contributed by atoms with Crippen molar-refractivity contribution in [3.05, 3.63) is 64.2 Å². The van der Waals surface area contributed by atoms with Crippen LogP contribution in [-0.2, 0) is 11.2 Å². The van der Waals surface area contributed by atoms with E-state index in [9.17, 15) is 5.11 Å². The van der Waals surface area contributed by atoms with Gasteiger partial charge in [-0.25, -0.2) is 0 Å². The Hall–Kier alpha value is -1.99. The molecule has 1 saturated heterocycles. The van der Waals surface area contributed by atoms with Gasteiger partial charge in [-0.2, -0.15) is 0 Å². The number of aliphatic hydroxyl groups excluding tert-OH is 1. The number of rotatable bonds is 5. The summed E-state index contributed by atoms with van der Waals surface area (Å²) < 4.78 is 11.5. The van der Waals surface area contributed by atoms with Crippen molar-refractivity contribution in [3.8, 4) is 18.6 Å². The van der Waals surface area contributed by atoms with Crippen molar-refractivity contribution in [1.29, 1.82) is 0 Å². The van der Waals surface area contributed by atoms with Crippen LogP contribution >= 0.6 is 11.6 Å². The molecule has 0 aromatic heterocycles. The van der Waals surface area contributed by atoms with Crippen LogP contribution in [0.4, 0.5) is 0 Å². The van der Waals surface area contributed by atoms with Gasteiger partial charge < -0.3 is 14.6 Å². The van der Waals surface area contributed by atoms with Crippen LogP contribution in [0.15, 0.2) is 42.5 Å². The minimum absolute atomic E-state index is 0.0685. The van der Waals surface area contributed by atoms with Gasteiger partial charge in [-0.3, -0.25) is 0 Å². The van der Waals surface area contributed by atoms with Crippen LogP contribution in [0, 0.1) is 12.8 Å². The van der Waals surface area contributed by atoms with Crippen LogP contribution in [0.1, 0.15) is 49.5 Å². The molecule has 1 heterocycles. The Bertz CT molecular complexity index is 729. The lowest BCUT2D eigenvalue weighted by Crippen LogP contribution is -2.29. The van der Waals surface area contributed by atoms with Crippen LogP contribution in [0.3, 0.4) is 0 Å². The third-order valence-corrected chi connectivity index (χ3v) is 4.93. The normalized spacial score (nSPS) is 21.8. The number of aliphatic hydroxyl groups is 1. The molecule has 2 aromatic rings. The van der Waals surface area contributed by atoms with Crippen molar-refractivity contribution in [2.75, 3.05) is 6.61 Å². The van der Waals surface area contributed by atoms with E-state index in [1.54, 1.807) is 0 Å². The molecule has 1 aliphatic rings. The molecule has 0 aliphatic carbocycles. The molecule has 3 rings (SSSR count). The van der Waals surface area contributed by atoms with E-state index in [4.69, 9.17) is 21.1 Å². The monoisotopic (exact) mass is 386 g/mol. The Balaban J connectivity index is 0.00000126. The van der Waals surface area contributed by atoms with Crippen LogP contribution in [-0.4, -0.2) is 23.9 Å². The highest BCUT2D eigenvalue weighted by atomic mass is 35.5. The van der Waals surface area contributed by atoms with E-state index < -0.39 is 0 Å². The first-order valence-corrected chi connectivity index (χ1v) is 9.60. The average molecular weight is 387 g/mol. The molecule has 3 atom stereocenters. The molecule has 0 saturated carbocycles. The van der Waals surface area contributed by atoms with Gasteiger partial charge in [0.1, 0.15) is 5.75 Å². The van der Waals surface area contributed by atoms with Gasteiger partial charge in [0, 0.05) is 11.4 Å². The lowest BCUT2D eigenvalue weighted by atomic mass is 9.94. The Morgan fingerprint density at radius 3 is 2.48 bits per heavy atom. The molecule has 1 N–H and O–H groups in total. The summed E-state index contributed by atoms with van der Waals surface area (Å²) in [5, 5.41) is 10.8. The van der Waals surface area contributed by atoms with Gasteiger partial charge in [-0.1, -0.05) is 35.9 Å². The predicted molar refractivity (Wildman–Crippen MR) is 110 cm³/mol. The highest BCUT2D eigenvalue weighted by molar-refractivity contribution is 6.31. The number of hydrogen-bond acceptors (Lipinski definition) is 3. The van der Waals surface area contributed by atoms with Gasteiger partial charge in [-0.05, 0) is 61.6 Å². The summed E-state index contributed by atoms with van der Waals surface area (Å²) >= 11 is 6.41. The van der Waals surface area contributed by atoms with E-state index in [0.29, 0.717) is 19.4 Å². The van der Waals surface area contributed by atoms with E-state index in [2.05, 4.69) is 31.0 Å². The maximum Gasteiger partial charge on any atom is 0.119 e. The zero-order valence-electron chi connectivity index (χ0n) is 15.9. The predicted octanol–water partition coefficient (Wildman–Crippen LogP) is 5.18. The highest BCUT2D eigenvalue weighted by Gasteiger charge is 2.27. The Morgan fingerprint density at radius 2 is 1.85 bits per heavy atom. The first-order valence-electron chi connectivity index (χ1n) is 9.22. The summed E-state index contributed by atoms with van der Waals surface area (Å²) in [6.45, 7) is 4.65. The van der Waals surface area contributed by atoms with Gasteiger partial charge in [-0.15, -0.1) is 12.8 Å². The molecule has 4 heteroatoms. The van der Waals surface area contributed by atoms with Gasteiger partial charge in [0.05, 0.1) is 24.9 Å². The summed E-state index contributed by atoms with van der Waals surface area (Å²) in [6, 6.07) is 14.1. The second kappa shape index (κ2) is 10.4. The standard InChI is InChI=1S/C21H25ClO3.C2H2/c1-3-24-19-7-4-15(5-8-19)11-17-12-16(6-9-20(17)22)21-13-18(23)10-14(2)25-21;1-2/h4-9,12,14,18,21,23H,3,10-11,13H2,1-2H3;1-2H/t14-,18+,21-;/m1./s1. The summed E-state index contributed by atoms with van der Waals surface area (Å²) in [5.74, 6) is 0.879. The smallest absolute Gasteiger partial charge is 0.119 e. The minimum atomic E-state index is -0.306. The lowest BCUT2D eigenvalue weighted by Gasteiger charge is -2.31. The van der Waals surface area contributed by atoms with Crippen molar-refractivity contribution >= 4 is 11.6 Å². The van der Waals surface area contributed by atoms with Crippen molar-refractivity contribution in [2.24, 2.45) is 0 Å². The first-order chi connectivity index (χ1) is 13.0. The zero-order chi connectivity index (χ0) is 19.8. The summed E-state index contributed by atoms with van der Waals surface area (Å²) in [4.78, 5) is 0. The van der Waals surface area contributed by atoms with E-state index in [-0.39, 0.29) is 18.3 Å². The maximum atomic E-state index is 10.0. The summed E-state index contributed by atoms with van der Waals surface area (Å²) in [7, 11) is 0. The Labute approximate surface area is 167 Å². The molecule has 2 aromatic carbocycles. The highest BCUT2D eigenvalue weighted by Crippen LogP contribution is 2.33. The number of hydrogen-bond donors (Lipinski definition) is 1. The molecule has 0 unspecified atom stereocenters. The van der Waals surface area contributed by atoms with E-state index in [1.165, 1.54) is 5.56 Å². The SMILES string of the molecule is C#C.CCOc1ccc(Cc2cc([C@H]3C[C@@H](O)C[C@@H](C)O3)ccc2Cl)cc1. The quantitative estimate of drug-likeness (QED) is 0.719. The summed E-state index contributed by atoms with van der Waals surface area (Å²) in [6.07, 6.45) is 9.77. The molecule has 0 bridgehead atoms. The topological polar surface area (TPSA) is 38.7 Å². The van der Waals surface area contributed by atoms with Crippen LogP contribution in [0.25, 0.3) is 0 Å². The van der Waals surface area contributed by atoms with E-state index in [1.807, 2.05) is 38.1 Å². The molecular weight excluding hydrogens is 360 g/mol. The fourth-order valence-corrected chi connectivity index (χ4v) is 3.54. The lowest BCUT2D eigenvalue weighted by molar-refractivity contribution is -0.0895. The Morgan fingerprint density at radius 1 is 1.15 bits per heavy atom. The number of ether oxygens (including phenoxy) is 2. The van der Waals surface area contributed by atoms with Crippen LogP contribution in [0.5, 0.6) is 5.75 Å². The van der Waals surface area contributed by atoms with E-state index in [0.717, 1.165) is 28.3 Å². The molecule has 0 radical (unpaired) electrons. The molecule has 3 nitrogen and oxygen atoms in total. The van der Waals surface area contributed by atoms with Crippen LogP contribution in [0.2, 0.25) is 5.02 Å². The maximum absolute atomic E-state index is 10.0. The average Bonchev–Trinajstić information content (AvgIpc) is 2.66. The fraction of sp³-hybridized carbons (Fsp3) is 0.391. The van der Waals surface area contributed by atoms with Gasteiger partial charge in [0.2, 0.25) is 0 Å². The first kappa shape index (κ1) is 21.3. The molecule has 1 aliphatic heterocycles. The third-order valence-electron chi connectivity index (χ3n) is 4.56. The van der Waals surface area contributed by atoms with Gasteiger partial charge >= 0.3 is 0 Å². The number of terminal acetylenes is 1. The zero-order valence-corrected chi connectivity index (χ0v) is 16.7. The third kappa shape index (κ3) is 6.01. The molecule has 0 amide bonds. The second-order valence-electron chi connectivity index (χ2n) is 6.67. The molecular formula is C23H27ClO3.